The second-order valence-electron chi connectivity index (χ2n) is 9.81. The Morgan fingerprint density at radius 2 is 1.68 bits per heavy atom. The quantitative estimate of drug-likeness (QED) is 0.214. The van der Waals surface area contributed by atoms with Gasteiger partial charge in [0.05, 0.1) is 22.8 Å². The Labute approximate surface area is 239 Å². The highest BCUT2D eigenvalue weighted by Gasteiger charge is 2.56. The second kappa shape index (κ2) is 10.7. The van der Waals surface area contributed by atoms with E-state index < -0.39 is 17.1 Å². The summed E-state index contributed by atoms with van der Waals surface area (Å²) in [6.07, 6.45) is 9.57. The van der Waals surface area contributed by atoms with Crippen LogP contribution in [0.15, 0.2) is 79.4 Å². The van der Waals surface area contributed by atoms with E-state index in [0.29, 0.717) is 40.9 Å². The van der Waals surface area contributed by atoms with Crippen molar-refractivity contribution in [3.05, 3.63) is 90.8 Å². The monoisotopic (exact) mass is 568 g/mol. The number of fused-ring (bicyclic) bond motifs is 1. The van der Waals surface area contributed by atoms with Gasteiger partial charge in [-0.2, -0.15) is 5.10 Å². The molecule has 1 saturated carbocycles. The molecule has 0 aliphatic heterocycles. The van der Waals surface area contributed by atoms with Gasteiger partial charge in [0.1, 0.15) is 11.2 Å². The summed E-state index contributed by atoms with van der Waals surface area (Å²) in [6.45, 7) is 1.95. The standard InChI is InChI=1S/C30H25FN6O3S/c1-18-3-5-20(6-4-18)35-28(38)30(10-11-30)29(39)36-21-7-8-27(23(31)13-21)40-26-9-12-32-25-14-24(33-16-22(25)26)19-15-34-37(17-19)41-2/h3-9,12-17H,10-11H2,1-2H3,(H,35,38)(H,36,39). The van der Waals surface area contributed by atoms with Crippen LogP contribution in [0.5, 0.6) is 11.5 Å². The zero-order valence-corrected chi connectivity index (χ0v) is 23.0. The van der Waals surface area contributed by atoms with Gasteiger partial charge in [0.2, 0.25) is 11.8 Å². The van der Waals surface area contributed by atoms with Gasteiger partial charge in [-0.1, -0.05) is 17.7 Å². The number of hydrogen-bond donors (Lipinski definition) is 2. The van der Waals surface area contributed by atoms with E-state index in [1.807, 2.05) is 37.6 Å². The summed E-state index contributed by atoms with van der Waals surface area (Å²) in [4.78, 5) is 34.8. The molecule has 6 rings (SSSR count). The first kappa shape index (κ1) is 26.5. The Balaban J connectivity index is 1.16. The maximum absolute atomic E-state index is 15.1. The summed E-state index contributed by atoms with van der Waals surface area (Å²) in [7, 11) is 0. The highest BCUT2D eigenvalue weighted by Crippen LogP contribution is 2.47. The summed E-state index contributed by atoms with van der Waals surface area (Å²) >= 11 is 1.47. The molecule has 5 aromatic rings. The zero-order chi connectivity index (χ0) is 28.6. The van der Waals surface area contributed by atoms with Crippen molar-refractivity contribution in [1.29, 1.82) is 0 Å². The van der Waals surface area contributed by atoms with Gasteiger partial charge in [-0.15, -0.1) is 0 Å². The minimum absolute atomic E-state index is 0.0286. The Bertz CT molecular complexity index is 1790. The van der Waals surface area contributed by atoms with Crippen LogP contribution >= 0.6 is 11.9 Å². The average molecular weight is 569 g/mol. The number of halogens is 1. The van der Waals surface area contributed by atoms with Crippen LogP contribution in [0.4, 0.5) is 15.8 Å². The minimum Gasteiger partial charge on any atom is -0.453 e. The Morgan fingerprint density at radius 3 is 2.37 bits per heavy atom. The molecule has 1 fully saturated rings. The topological polar surface area (TPSA) is 111 Å². The number of nitrogens with zero attached hydrogens (tertiary/aromatic N) is 4. The number of rotatable bonds is 8. The summed E-state index contributed by atoms with van der Waals surface area (Å²) in [5, 5.41) is 10.4. The Morgan fingerprint density at radius 1 is 0.951 bits per heavy atom. The normalized spacial score (nSPS) is 13.5. The molecule has 0 spiro atoms. The van der Waals surface area contributed by atoms with Crippen LogP contribution in [-0.4, -0.2) is 37.2 Å². The predicted molar refractivity (Wildman–Crippen MR) is 156 cm³/mol. The lowest BCUT2D eigenvalue weighted by molar-refractivity contribution is -0.131. The third kappa shape index (κ3) is 5.36. The van der Waals surface area contributed by atoms with Crippen molar-refractivity contribution < 1.29 is 18.7 Å². The van der Waals surface area contributed by atoms with Gasteiger partial charge >= 0.3 is 0 Å². The van der Waals surface area contributed by atoms with Crippen molar-refractivity contribution in [2.75, 3.05) is 16.9 Å². The fourth-order valence-corrected chi connectivity index (χ4v) is 4.76. The van der Waals surface area contributed by atoms with E-state index in [9.17, 15) is 9.59 Å². The largest absolute Gasteiger partial charge is 0.453 e. The number of carbonyl (C=O) groups is 2. The molecule has 2 N–H and O–H groups in total. The molecule has 0 bridgehead atoms. The summed E-state index contributed by atoms with van der Waals surface area (Å²) < 4.78 is 22.7. The van der Waals surface area contributed by atoms with E-state index in [-0.39, 0.29) is 17.3 Å². The fourth-order valence-electron chi connectivity index (χ4n) is 4.40. The molecule has 9 nitrogen and oxygen atoms in total. The van der Waals surface area contributed by atoms with Crippen LogP contribution in [0.1, 0.15) is 18.4 Å². The number of ether oxygens (including phenoxy) is 1. The first-order valence-electron chi connectivity index (χ1n) is 12.9. The van der Waals surface area contributed by atoms with Gasteiger partial charge in [0, 0.05) is 47.9 Å². The Hall–Kier alpha value is -4.77. The number of benzene rings is 2. The van der Waals surface area contributed by atoms with Gasteiger partial charge in [-0.25, -0.2) is 8.48 Å². The molecule has 3 aromatic heterocycles. The van der Waals surface area contributed by atoms with Crippen LogP contribution in [0.2, 0.25) is 0 Å². The molecule has 1 aliphatic rings. The van der Waals surface area contributed by atoms with E-state index >= 15 is 4.39 Å². The van der Waals surface area contributed by atoms with E-state index in [0.717, 1.165) is 11.1 Å². The second-order valence-corrected chi connectivity index (χ2v) is 10.6. The summed E-state index contributed by atoms with van der Waals surface area (Å²) in [5.41, 5.74) is 2.92. The first-order valence-corrected chi connectivity index (χ1v) is 14.0. The number of pyridine rings is 2. The molecule has 11 heteroatoms. The summed E-state index contributed by atoms with van der Waals surface area (Å²) in [6, 6.07) is 14.9. The van der Waals surface area contributed by atoms with Crippen molar-refractivity contribution in [2.45, 2.75) is 19.8 Å². The van der Waals surface area contributed by atoms with Crippen LogP contribution in [0, 0.1) is 18.2 Å². The van der Waals surface area contributed by atoms with Crippen molar-refractivity contribution in [2.24, 2.45) is 5.41 Å². The van der Waals surface area contributed by atoms with Crippen molar-refractivity contribution in [1.82, 2.24) is 19.2 Å². The van der Waals surface area contributed by atoms with Crippen LogP contribution in [-0.2, 0) is 9.59 Å². The Kier molecular flexibility index (Phi) is 6.88. The lowest BCUT2D eigenvalue weighted by atomic mass is 10.0. The van der Waals surface area contributed by atoms with Crippen molar-refractivity contribution in [3.8, 4) is 22.8 Å². The molecule has 0 atom stereocenters. The van der Waals surface area contributed by atoms with E-state index in [4.69, 9.17) is 4.74 Å². The number of carbonyl (C=O) groups excluding carboxylic acids is 2. The van der Waals surface area contributed by atoms with Crippen LogP contribution in [0.25, 0.3) is 22.2 Å². The lowest BCUT2D eigenvalue weighted by Crippen LogP contribution is -2.35. The minimum atomic E-state index is -1.17. The molecular weight excluding hydrogens is 543 g/mol. The molecule has 3 heterocycles. The number of amides is 2. The van der Waals surface area contributed by atoms with Crippen molar-refractivity contribution in [3.63, 3.8) is 0 Å². The highest BCUT2D eigenvalue weighted by atomic mass is 32.2. The number of anilines is 2. The third-order valence-corrected chi connectivity index (χ3v) is 7.54. The first-order chi connectivity index (χ1) is 19.8. The highest BCUT2D eigenvalue weighted by molar-refractivity contribution is 7.97. The fraction of sp³-hybridized carbons (Fsp3) is 0.167. The van der Waals surface area contributed by atoms with Gasteiger partial charge in [0.25, 0.3) is 0 Å². The number of aryl methyl sites for hydroxylation is 1. The molecule has 0 radical (unpaired) electrons. The van der Waals surface area contributed by atoms with Gasteiger partial charge < -0.3 is 15.4 Å². The molecule has 206 valence electrons. The van der Waals surface area contributed by atoms with E-state index in [2.05, 4.69) is 25.7 Å². The third-order valence-electron chi connectivity index (χ3n) is 6.97. The molecule has 0 unspecified atom stereocenters. The number of aromatic nitrogens is 4. The lowest BCUT2D eigenvalue weighted by Gasteiger charge is -2.16. The molecule has 0 saturated heterocycles. The molecular formula is C30H25FN6O3S. The van der Waals surface area contributed by atoms with Crippen LogP contribution < -0.4 is 15.4 Å². The number of hydrogen-bond acceptors (Lipinski definition) is 7. The van der Waals surface area contributed by atoms with Crippen molar-refractivity contribution >= 4 is 46.0 Å². The smallest absolute Gasteiger partial charge is 0.240 e. The molecule has 2 amide bonds. The SMILES string of the molecule is CSn1cc(-c2cc3nccc(Oc4ccc(NC(=O)C5(C(=O)Nc6ccc(C)cc6)CC5)cc4F)c3cn2)cn1. The van der Waals surface area contributed by atoms with E-state index in [1.165, 1.54) is 30.1 Å². The average Bonchev–Trinajstić information content (AvgIpc) is 3.66. The van der Waals surface area contributed by atoms with Gasteiger partial charge in [-0.05, 0) is 68.1 Å². The number of nitrogens with one attached hydrogen (secondary N) is 2. The molecule has 1 aliphatic carbocycles. The maximum atomic E-state index is 15.1. The molecule has 2 aromatic carbocycles. The van der Waals surface area contributed by atoms with Gasteiger partial charge in [0.15, 0.2) is 11.6 Å². The zero-order valence-electron chi connectivity index (χ0n) is 22.2. The van der Waals surface area contributed by atoms with Gasteiger partial charge in [-0.3, -0.25) is 19.6 Å². The summed E-state index contributed by atoms with van der Waals surface area (Å²) in [5.74, 6) is -1.16. The predicted octanol–water partition coefficient (Wildman–Crippen LogP) is 6.22. The molecule has 41 heavy (non-hydrogen) atoms. The van der Waals surface area contributed by atoms with E-state index in [1.54, 1.807) is 40.9 Å². The van der Waals surface area contributed by atoms with Crippen LogP contribution in [0.3, 0.4) is 0 Å². The maximum Gasteiger partial charge on any atom is 0.240 e.